The molecule has 180 valence electrons. The number of aliphatic carboxylic acids is 1. The molecule has 7 nitrogen and oxygen atoms in total. The molecule has 4 rings (SSSR count). The molecule has 2 aliphatic rings. The molecule has 0 heterocycles. The molecule has 0 radical (unpaired) electrons. The molecular formula is C26H30N2O5S. The maximum atomic E-state index is 12.7. The van der Waals surface area contributed by atoms with Gasteiger partial charge >= 0.3 is 12.1 Å². The Morgan fingerprint density at radius 2 is 1.71 bits per heavy atom. The summed E-state index contributed by atoms with van der Waals surface area (Å²) in [7, 11) is 0. The number of nitrogens with one attached hydrogen (secondary N) is 2. The summed E-state index contributed by atoms with van der Waals surface area (Å²) >= 11 is 1.53. The van der Waals surface area contributed by atoms with E-state index in [4.69, 9.17) is 4.74 Å². The normalized spacial score (nSPS) is 16.5. The van der Waals surface area contributed by atoms with Crippen molar-refractivity contribution in [2.24, 2.45) is 0 Å². The highest BCUT2D eigenvalue weighted by atomic mass is 32.2. The van der Waals surface area contributed by atoms with Crippen LogP contribution in [0.3, 0.4) is 0 Å². The summed E-state index contributed by atoms with van der Waals surface area (Å²) in [6.45, 7) is 0.206. The van der Waals surface area contributed by atoms with E-state index in [0.29, 0.717) is 25.0 Å². The van der Waals surface area contributed by atoms with Crippen LogP contribution in [0.4, 0.5) is 4.79 Å². The van der Waals surface area contributed by atoms with Gasteiger partial charge in [0.15, 0.2) is 0 Å². The van der Waals surface area contributed by atoms with Crippen LogP contribution in [0.15, 0.2) is 48.5 Å². The van der Waals surface area contributed by atoms with Crippen molar-refractivity contribution >= 4 is 29.7 Å². The number of carbonyl (C=O) groups is 3. The van der Waals surface area contributed by atoms with Crippen molar-refractivity contribution in [1.82, 2.24) is 10.6 Å². The van der Waals surface area contributed by atoms with Crippen LogP contribution in [0.2, 0.25) is 0 Å². The van der Waals surface area contributed by atoms with Crippen LogP contribution in [0.1, 0.15) is 49.1 Å². The highest BCUT2D eigenvalue weighted by molar-refractivity contribution is 7.98. The first kappa shape index (κ1) is 24.1. The zero-order valence-electron chi connectivity index (χ0n) is 19.2. The molecule has 2 aliphatic carbocycles. The minimum Gasteiger partial charge on any atom is -0.480 e. The van der Waals surface area contributed by atoms with Gasteiger partial charge in [0.1, 0.15) is 12.6 Å². The van der Waals surface area contributed by atoms with Gasteiger partial charge in [-0.2, -0.15) is 11.8 Å². The molecule has 1 atom stereocenters. The Kier molecular flexibility index (Phi) is 7.46. The van der Waals surface area contributed by atoms with Gasteiger partial charge in [-0.1, -0.05) is 48.5 Å². The summed E-state index contributed by atoms with van der Waals surface area (Å²) in [4.78, 5) is 36.7. The number of rotatable bonds is 10. The number of hydrogen-bond acceptors (Lipinski definition) is 5. The van der Waals surface area contributed by atoms with Gasteiger partial charge in [0.25, 0.3) is 0 Å². The molecule has 2 aromatic carbocycles. The number of fused-ring (bicyclic) bond motifs is 3. The number of carboxylic acids is 1. The quantitative estimate of drug-likeness (QED) is 0.470. The molecule has 1 unspecified atom stereocenters. The minimum atomic E-state index is -1.05. The summed E-state index contributed by atoms with van der Waals surface area (Å²) in [6, 6.07) is 15.4. The fourth-order valence-corrected chi connectivity index (χ4v) is 5.32. The van der Waals surface area contributed by atoms with Crippen molar-refractivity contribution in [3.05, 3.63) is 59.7 Å². The number of ether oxygens (including phenoxy) is 1. The topological polar surface area (TPSA) is 105 Å². The number of hydrogen-bond donors (Lipinski definition) is 3. The maximum Gasteiger partial charge on any atom is 0.407 e. The Hall–Kier alpha value is -3.00. The zero-order valence-corrected chi connectivity index (χ0v) is 20.0. The molecule has 34 heavy (non-hydrogen) atoms. The summed E-state index contributed by atoms with van der Waals surface area (Å²) in [5.41, 5.74) is 3.91. The molecule has 3 N–H and O–H groups in total. The lowest BCUT2D eigenvalue weighted by Crippen LogP contribution is -2.57. The highest BCUT2D eigenvalue weighted by Crippen LogP contribution is 2.44. The van der Waals surface area contributed by atoms with Gasteiger partial charge in [-0.15, -0.1) is 0 Å². The average Bonchev–Trinajstić information content (AvgIpc) is 3.12. The Labute approximate surface area is 203 Å². The highest BCUT2D eigenvalue weighted by Gasteiger charge is 2.41. The number of alkyl carbamates (subject to hydrolysis) is 1. The van der Waals surface area contributed by atoms with Gasteiger partial charge in [0.05, 0.1) is 5.54 Å². The SMILES string of the molecule is CSCCC(NC(=O)CC1(NC(=O)OCC2c3ccccc3-c3ccccc32)CCC1)C(=O)O. The van der Waals surface area contributed by atoms with Gasteiger partial charge in [-0.25, -0.2) is 9.59 Å². The third kappa shape index (κ3) is 5.22. The second-order valence-electron chi connectivity index (χ2n) is 9.00. The molecule has 0 aliphatic heterocycles. The number of carboxylic acid groups (broad SMARTS) is 1. The number of amides is 2. The van der Waals surface area contributed by atoms with E-state index in [1.165, 1.54) is 11.8 Å². The molecule has 0 spiro atoms. The third-order valence-corrected chi connectivity index (χ3v) is 7.41. The van der Waals surface area contributed by atoms with Gasteiger partial charge < -0.3 is 20.5 Å². The van der Waals surface area contributed by atoms with Gasteiger partial charge in [-0.05, 0) is 59.9 Å². The van der Waals surface area contributed by atoms with Crippen LogP contribution in [-0.4, -0.2) is 53.3 Å². The second kappa shape index (κ2) is 10.5. The van der Waals surface area contributed by atoms with E-state index in [1.807, 2.05) is 30.5 Å². The van der Waals surface area contributed by atoms with Crippen LogP contribution < -0.4 is 10.6 Å². The van der Waals surface area contributed by atoms with Crippen molar-refractivity contribution in [3.8, 4) is 11.1 Å². The average molecular weight is 483 g/mol. The van der Waals surface area contributed by atoms with E-state index in [9.17, 15) is 19.5 Å². The summed E-state index contributed by atoms with van der Waals surface area (Å²) < 4.78 is 5.65. The lowest BCUT2D eigenvalue weighted by molar-refractivity contribution is -0.142. The Morgan fingerprint density at radius 3 is 2.24 bits per heavy atom. The van der Waals surface area contributed by atoms with Crippen LogP contribution in [0.5, 0.6) is 0 Å². The van der Waals surface area contributed by atoms with Crippen LogP contribution >= 0.6 is 11.8 Å². The van der Waals surface area contributed by atoms with Crippen LogP contribution in [0, 0.1) is 0 Å². The monoisotopic (exact) mass is 482 g/mol. The van der Waals surface area contributed by atoms with Crippen molar-refractivity contribution in [2.45, 2.75) is 49.6 Å². The summed E-state index contributed by atoms with van der Waals surface area (Å²) in [6.07, 6.45) is 3.95. The molecule has 1 saturated carbocycles. The first-order chi connectivity index (χ1) is 16.4. The van der Waals surface area contributed by atoms with Crippen molar-refractivity contribution in [1.29, 1.82) is 0 Å². The van der Waals surface area contributed by atoms with E-state index in [-0.39, 0.29) is 24.9 Å². The van der Waals surface area contributed by atoms with Gasteiger partial charge in [-0.3, -0.25) is 4.79 Å². The second-order valence-corrected chi connectivity index (χ2v) is 9.99. The predicted molar refractivity (Wildman–Crippen MR) is 132 cm³/mol. The Balaban J connectivity index is 1.35. The van der Waals surface area contributed by atoms with Gasteiger partial charge in [0.2, 0.25) is 5.91 Å². The maximum absolute atomic E-state index is 12.7. The standard InChI is InChI=1S/C26H30N2O5S/c1-34-14-11-22(24(30)31)27-23(29)15-26(12-6-13-26)28-25(32)33-16-21-19-9-4-2-7-17(19)18-8-3-5-10-20(18)21/h2-5,7-10,21-22H,6,11-16H2,1H3,(H,27,29)(H,28,32)(H,30,31). The lowest BCUT2D eigenvalue weighted by Gasteiger charge is -2.41. The lowest BCUT2D eigenvalue weighted by atomic mass is 9.74. The molecule has 8 heteroatoms. The van der Waals surface area contributed by atoms with E-state index in [2.05, 4.69) is 34.9 Å². The van der Waals surface area contributed by atoms with E-state index < -0.39 is 23.6 Å². The minimum absolute atomic E-state index is 0.0356. The molecule has 2 amide bonds. The summed E-state index contributed by atoms with van der Waals surface area (Å²) in [5, 5.41) is 14.9. The number of thioether (sulfide) groups is 1. The number of carbonyl (C=O) groups excluding carboxylic acids is 2. The molecule has 0 bridgehead atoms. The predicted octanol–water partition coefficient (Wildman–Crippen LogP) is 4.16. The van der Waals surface area contributed by atoms with E-state index >= 15 is 0 Å². The van der Waals surface area contributed by atoms with Crippen molar-refractivity contribution in [2.75, 3.05) is 18.6 Å². The summed E-state index contributed by atoms with van der Waals surface area (Å²) in [5.74, 6) is -0.811. The first-order valence-electron chi connectivity index (χ1n) is 11.6. The third-order valence-electron chi connectivity index (χ3n) is 6.76. The van der Waals surface area contributed by atoms with Crippen molar-refractivity contribution in [3.63, 3.8) is 0 Å². The van der Waals surface area contributed by atoms with Crippen LogP contribution in [-0.2, 0) is 14.3 Å². The zero-order chi connectivity index (χ0) is 24.1. The molecule has 1 fully saturated rings. The molecule has 0 saturated heterocycles. The Morgan fingerprint density at radius 1 is 1.09 bits per heavy atom. The van der Waals surface area contributed by atoms with E-state index in [1.54, 1.807) is 0 Å². The van der Waals surface area contributed by atoms with Crippen molar-refractivity contribution < 1.29 is 24.2 Å². The fraction of sp³-hybridized carbons (Fsp3) is 0.423. The van der Waals surface area contributed by atoms with E-state index in [0.717, 1.165) is 28.7 Å². The first-order valence-corrected chi connectivity index (χ1v) is 13.0. The van der Waals surface area contributed by atoms with Crippen LogP contribution in [0.25, 0.3) is 11.1 Å². The Bertz CT molecular complexity index is 1020. The molecular weight excluding hydrogens is 452 g/mol. The largest absolute Gasteiger partial charge is 0.480 e. The van der Waals surface area contributed by atoms with Gasteiger partial charge in [0, 0.05) is 12.3 Å². The molecule has 0 aromatic heterocycles. The number of benzene rings is 2. The molecule has 2 aromatic rings. The fourth-order valence-electron chi connectivity index (χ4n) is 4.85. The smallest absolute Gasteiger partial charge is 0.407 e.